The molecule has 0 fully saturated rings. The molecular formula is C13H15F6IrP2-. The van der Waals surface area contributed by atoms with Crippen LogP contribution in [0.1, 0.15) is 0 Å². The Morgan fingerprint density at radius 2 is 0.773 bits per heavy atom. The summed E-state index contributed by atoms with van der Waals surface area (Å²) < 4.78 is 59.2. The Morgan fingerprint density at radius 3 is 0.955 bits per heavy atom. The molecule has 9 heteroatoms. The van der Waals surface area contributed by atoms with E-state index in [0.717, 1.165) is 0 Å². The summed E-state index contributed by atoms with van der Waals surface area (Å²) >= 11 is 0. The molecule has 0 aliphatic rings. The fourth-order valence-corrected chi connectivity index (χ4v) is 1.26. The standard InChI is InChI=1S/C12H10.CH5P.F6P.Ir/c1-3-7-11(8-4-1)12-9-5-2-6-10-12;1-2;1-7(2,3,4,5)6;/h1-10H;2H2,1H3;;/q;;-1;. The van der Waals surface area contributed by atoms with Gasteiger partial charge in [-0.15, -0.1) is 9.24 Å². The van der Waals surface area contributed by atoms with E-state index < -0.39 is 7.81 Å². The van der Waals surface area contributed by atoms with E-state index in [4.69, 9.17) is 0 Å². The largest absolute Gasteiger partial charge is 0.0622 e. The van der Waals surface area contributed by atoms with Crippen LogP contribution in [0.25, 0.3) is 11.1 Å². The van der Waals surface area contributed by atoms with E-state index in [1.54, 1.807) is 0 Å². The molecule has 22 heavy (non-hydrogen) atoms. The minimum Gasteiger partial charge on any atom is -0.0622 e. The predicted molar refractivity (Wildman–Crippen MR) is 81.1 cm³/mol. The summed E-state index contributed by atoms with van der Waals surface area (Å²) in [6.07, 6.45) is 0. The van der Waals surface area contributed by atoms with Gasteiger partial charge in [-0.1, -0.05) is 67.3 Å². The first kappa shape index (κ1) is 23.8. The molecule has 1 radical (unpaired) electrons. The van der Waals surface area contributed by atoms with Crippen molar-refractivity contribution >= 4 is 17.0 Å². The third kappa shape index (κ3) is 17.6. The summed E-state index contributed by atoms with van der Waals surface area (Å²) in [4.78, 5) is 0. The van der Waals surface area contributed by atoms with Crippen LogP contribution in [-0.2, 0) is 20.1 Å². The Hall–Kier alpha value is -0.471. The van der Waals surface area contributed by atoms with Gasteiger partial charge in [-0.05, 0) is 11.1 Å². The maximum Gasteiger partial charge on any atom is 0 e. The molecule has 1 atom stereocenters. The number of rotatable bonds is 1. The second-order valence-corrected chi connectivity index (χ2v) is 5.61. The smallest absolute Gasteiger partial charge is 0 e. The van der Waals surface area contributed by atoms with Gasteiger partial charge in [0.1, 0.15) is 0 Å². The molecular weight excluding hydrogens is 524 g/mol. The number of hydrogen-bond acceptors (Lipinski definition) is 0. The van der Waals surface area contributed by atoms with Gasteiger partial charge in [0.2, 0.25) is 0 Å². The summed E-state index contributed by atoms with van der Waals surface area (Å²) in [6.45, 7) is 1.92. The minimum atomic E-state index is -10.7. The summed E-state index contributed by atoms with van der Waals surface area (Å²) in [7, 11) is -8.24. The van der Waals surface area contributed by atoms with Crippen molar-refractivity contribution in [3.05, 3.63) is 60.7 Å². The van der Waals surface area contributed by atoms with Crippen molar-refractivity contribution < 1.29 is 45.3 Å². The first-order valence-electron chi connectivity index (χ1n) is 5.66. The van der Waals surface area contributed by atoms with Crippen LogP contribution in [0, 0.1) is 0 Å². The van der Waals surface area contributed by atoms with Gasteiger partial charge in [-0.2, -0.15) is 0 Å². The van der Waals surface area contributed by atoms with Crippen LogP contribution in [0.3, 0.4) is 0 Å². The van der Waals surface area contributed by atoms with Crippen LogP contribution < -0.4 is 0 Å². The normalized spacial score (nSPS) is 12.9. The fraction of sp³-hybridized carbons (Fsp3) is 0.0769. The maximum absolute atomic E-state index is 10.7. The van der Waals surface area contributed by atoms with E-state index in [1.165, 1.54) is 11.1 Å². The van der Waals surface area contributed by atoms with Gasteiger partial charge in [0.15, 0.2) is 0 Å². The number of benzene rings is 2. The third-order valence-corrected chi connectivity index (χ3v) is 1.88. The van der Waals surface area contributed by atoms with Crippen LogP contribution in [-0.4, -0.2) is 6.66 Å². The third-order valence-electron chi connectivity index (χ3n) is 1.88. The van der Waals surface area contributed by atoms with Crippen LogP contribution in [0.2, 0.25) is 0 Å². The molecule has 2 aromatic rings. The molecule has 0 aliphatic heterocycles. The average Bonchev–Trinajstić information content (AvgIpc) is 2.40. The quantitative estimate of drug-likeness (QED) is 0.265. The number of hydrogen-bond donors (Lipinski definition) is 0. The Balaban J connectivity index is 0. The summed E-state index contributed by atoms with van der Waals surface area (Å²) in [5.41, 5.74) is 2.55. The molecule has 0 N–H and O–H groups in total. The van der Waals surface area contributed by atoms with Crippen LogP contribution in [0.5, 0.6) is 0 Å². The SMILES string of the molecule is CP.F[P-](F)(F)(F)(F)F.[Ir].c1ccc(-c2ccccc2)cc1. The van der Waals surface area contributed by atoms with Crippen molar-refractivity contribution in [3.63, 3.8) is 0 Å². The molecule has 2 rings (SSSR count). The van der Waals surface area contributed by atoms with E-state index in [2.05, 4.69) is 57.8 Å². The molecule has 129 valence electrons. The van der Waals surface area contributed by atoms with Gasteiger partial charge in [0, 0.05) is 20.1 Å². The summed E-state index contributed by atoms with van der Waals surface area (Å²) in [5.74, 6) is 0. The second kappa shape index (κ2) is 8.40. The van der Waals surface area contributed by atoms with Gasteiger partial charge < -0.3 is 0 Å². The molecule has 0 bridgehead atoms. The predicted octanol–water partition coefficient (Wildman–Crippen LogP) is 7.22. The molecule has 0 spiro atoms. The monoisotopic (exact) mass is 540 g/mol. The molecule has 2 aromatic carbocycles. The van der Waals surface area contributed by atoms with Gasteiger partial charge in [0.25, 0.3) is 0 Å². The van der Waals surface area contributed by atoms with Gasteiger partial charge in [-0.3, -0.25) is 0 Å². The van der Waals surface area contributed by atoms with Crippen LogP contribution in [0.4, 0.5) is 25.2 Å². The van der Waals surface area contributed by atoms with Crippen molar-refractivity contribution in [3.8, 4) is 11.1 Å². The van der Waals surface area contributed by atoms with Gasteiger partial charge in [-0.25, -0.2) is 0 Å². The Labute approximate surface area is 141 Å². The van der Waals surface area contributed by atoms with Crippen molar-refractivity contribution in [2.75, 3.05) is 6.66 Å². The molecule has 0 nitrogen and oxygen atoms in total. The average molecular weight is 539 g/mol. The fourth-order valence-electron chi connectivity index (χ4n) is 1.26. The zero-order valence-corrected chi connectivity index (χ0v) is 15.8. The first-order valence-corrected chi connectivity index (χ1v) is 8.85. The molecule has 0 saturated carbocycles. The van der Waals surface area contributed by atoms with Crippen molar-refractivity contribution in [2.45, 2.75) is 0 Å². The zero-order valence-electron chi connectivity index (χ0n) is 11.4. The molecule has 0 aromatic heterocycles. The van der Waals surface area contributed by atoms with E-state index >= 15 is 0 Å². The summed E-state index contributed by atoms with van der Waals surface area (Å²) in [5, 5.41) is 0. The van der Waals surface area contributed by atoms with Crippen molar-refractivity contribution in [1.82, 2.24) is 0 Å². The Kier molecular flexibility index (Phi) is 9.08. The number of halogens is 6. The molecule has 0 aliphatic carbocycles. The van der Waals surface area contributed by atoms with E-state index in [9.17, 15) is 25.2 Å². The van der Waals surface area contributed by atoms with Crippen molar-refractivity contribution in [1.29, 1.82) is 0 Å². The maximum atomic E-state index is 9.87. The molecule has 0 heterocycles. The van der Waals surface area contributed by atoms with Gasteiger partial charge >= 0.3 is 33.0 Å². The Bertz CT molecular complexity index is 479. The van der Waals surface area contributed by atoms with E-state index in [0.29, 0.717) is 0 Å². The van der Waals surface area contributed by atoms with Gasteiger partial charge in [0.05, 0.1) is 0 Å². The zero-order chi connectivity index (χ0) is 16.6. The van der Waals surface area contributed by atoms with Crippen LogP contribution in [0.15, 0.2) is 60.7 Å². The molecule has 0 amide bonds. The topological polar surface area (TPSA) is 0 Å². The minimum absolute atomic E-state index is 0. The van der Waals surface area contributed by atoms with Crippen LogP contribution >= 0.6 is 17.0 Å². The van der Waals surface area contributed by atoms with Crippen molar-refractivity contribution in [2.24, 2.45) is 0 Å². The second-order valence-electron chi connectivity index (χ2n) is 3.69. The molecule has 1 unspecified atom stereocenters. The molecule has 0 saturated heterocycles. The summed E-state index contributed by atoms with van der Waals surface area (Å²) in [6, 6.07) is 20.8. The van der Waals surface area contributed by atoms with E-state index in [1.807, 2.05) is 18.8 Å². The van der Waals surface area contributed by atoms with E-state index in [-0.39, 0.29) is 20.1 Å². The first-order chi connectivity index (χ1) is 9.42. The Morgan fingerprint density at radius 1 is 0.591 bits per heavy atom.